The lowest BCUT2D eigenvalue weighted by molar-refractivity contribution is 0.564. The van der Waals surface area contributed by atoms with Crippen molar-refractivity contribution >= 4 is 10.0 Å². The first kappa shape index (κ1) is 8.87. The Hall–Kier alpha value is -0.130. The zero-order chi connectivity index (χ0) is 7.49. The predicted octanol–water partition coefficient (Wildman–Crippen LogP) is -0.899. The van der Waals surface area contributed by atoms with Crippen LogP contribution in [0.15, 0.2) is 0 Å². The van der Waals surface area contributed by atoms with Crippen molar-refractivity contribution in [2.45, 2.75) is 12.3 Å². The molecule has 9 heavy (non-hydrogen) atoms. The summed E-state index contributed by atoms with van der Waals surface area (Å²) in [5, 5.41) is 2.08. The quantitative estimate of drug-likeness (QED) is 0.551. The second kappa shape index (κ2) is 3.14. The monoisotopic (exact) mass is 152 g/mol. The fourth-order valence-electron chi connectivity index (χ4n) is 0.332. The lowest BCUT2D eigenvalue weighted by Gasteiger charge is -2.08. The zero-order valence-electron chi connectivity index (χ0n) is 5.80. The standard InChI is InChI=1S/C4H12N2O2S/c1-4(5-2)9(7,8)6-3/h4-6H,1-3H3. The highest BCUT2D eigenvalue weighted by Gasteiger charge is 2.14. The van der Waals surface area contributed by atoms with Crippen molar-refractivity contribution in [1.82, 2.24) is 10.0 Å². The third kappa shape index (κ3) is 2.30. The molecule has 0 saturated carbocycles. The Labute approximate surface area is 55.7 Å². The first-order valence-electron chi connectivity index (χ1n) is 2.64. The van der Waals surface area contributed by atoms with Crippen LogP contribution in [0.2, 0.25) is 0 Å². The van der Waals surface area contributed by atoms with Crippen LogP contribution in [0.3, 0.4) is 0 Å². The van der Waals surface area contributed by atoms with Crippen LogP contribution in [0.25, 0.3) is 0 Å². The van der Waals surface area contributed by atoms with E-state index in [9.17, 15) is 8.42 Å². The normalized spacial score (nSPS) is 15.4. The minimum absolute atomic E-state index is 0.525. The van der Waals surface area contributed by atoms with E-state index in [1.807, 2.05) is 0 Å². The second-order valence-electron chi connectivity index (χ2n) is 1.68. The van der Waals surface area contributed by atoms with E-state index in [0.717, 1.165) is 0 Å². The largest absolute Gasteiger partial charge is 0.303 e. The first-order valence-corrected chi connectivity index (χ1v) is 4.19. The topological polar surface area (TPSA) is 58.2 Å². The number of hydrogen-bond donors (Lipinski definition) is 2. The summed E-state index contributed by atoms with van der Waals surface area (Å²) in [7, 11) is -0.121. The minimum Gasteiger partial charge on any atom is -0.303 e. The number of rotatable bonds is 3. The lowest BCUT2D eigenvalue weighted by atomic mass is 10.8. The van der Waals surface area contributed by atoms with E-state index in [1.54, 1.807) is 14.0 Å². The molecule has 0 saturated heterocycles. The van der Waals surface area contributed by atoms with E-state index in [-0.39, 0.29) is 0 Å². The van der Waals surface area contributed by atoms with Crippen molar-refractivity contribution in [2.24, 2.45) is 0 Å². The summed E-state index contributed by atoms with van der Waals surface area (Å²) in [5.74, 6) is 0. The van der Waals surface area contributed by atoms with Crippen LogP contribution in [-0.2, 0) is 10.0 Å². The molecule has 0 rings (SSSR count). The molecule has 0 bridgehead atoms. The molecule has 0 aliphatic heterocycles. The third-order valence-electron chi connectivity index (χ3n) is 1.16. The molecule has 4 nitrogen and oxygen atoms in total. The summed E-state index contributed by atoms with van der Waals surface area (Å²) in [6, 6.07) is 0. The maximum Gasteiger partial charge on any atom is 0.227 e. The average molecular weight is 152 g/mol. The second-order valence-corrected chi connectivity index (χ2v) is 3.89. The van der Waals surface area contributed by atoms with Gasteiger partial charge in [0.1, 0.15) is 5.37 Å². The smallest absolute Gasteiger partial charge is 0.227 e. The van der Waals surface area contributed by atoms with Gasteiger partial charge in [-0.25, -0.2) is 13.1 Å². The van der Waals surface area contributed by atoms with Gasteiger partial charge in [-0.2, -0.15) is 0 Å². The van der Waals surface area contributed by atoms with E-state index < -0.39 is 15.4 Å². The van der Waals surface area contributed by atoms with Gasteiger partial charge in [0, 0.05) is 0 Å². The molecule has 56 valence electrons. The summed E-state index contributed by atoms with van der Waals surface area (Å²) in [6.45, 7) is 1.58. The number of sulfonamides is 1. The van der Waals surface area contributed by atoms with Crippen LogP contribution in [0.1, 0.15) is 6.92 Å². The molecule has 0 aliphatic rings. The maximum atomic E-state index is 10.8. The van der Waals surface area contributed by atoms with Crippen molar-refractivity contribution in [3.8, 4) is 0 Å². The van der Waals surface area contributed by atoms with Gasteiger partial charge in [-0.15, -0.1) is 0 Å². The Balaban J connectivity index is 4.17. The van der Waals surface area contributed by atoms with Crippen molar-refractivity contribution in [2.75, 3.05) is 14.1 Å². The van der Waals surface area contributed by atoms with Crippen LogP contribution in [0, 0.1) is 0 Å². The van der Waals surface area contributed by atoms with E-state index in [2.05, 4.69) is 10.0 Å². The Kier molecular flexibility index (Phi) is 3.10. The Bertz CT molecular complexity index is 163. The summed E-state index contributed by atoms with van der Waals surface area (Å²) in [6.07, 6.45) is 0. The highest BCUT2D eigenvalue weighted by Crippen LogP contribution is 1.89. The van der Waals surface area contributed by atoms with Gasteiger partial charge in [-0.05, 0) is 21.0 Å². The fraction of sp³-hybridized carbons (Fsp3) is 1.00. The van der Waals surface area contributed by atoms with Crippen LogP contribution >= 0.6 is 0 Å². The fourth-order valence-corrected chi connectivity index (χ4v) is 0.996. The summed E-state index contributed by atoms with van der Waals surface area (Å²) >= 11 is 0. The molecule has 0 aromatic carbocycles. The van der Waals surface area contributed by atoms with E-state index in [1.165, 1.54) is 7.05 Å². The minimum atomic E-state index is -3.11. The molecule has 0 radical (unpaired) electrons. The van der Waals surface area contributed by atoms with E-state index in [0.29, 0.717) is 0 Å². The van der Waals surface area contributed by atoms with Crippen LogP contribution in [0.5, 0.6) is 0 Å². The molecule has 0 fully saturated rings. The van der Waals surface area contributed by atoms with Gasteiger partial charge in [-0.3, -0.25) is 0 Å². The van der Waals surface area contributed by atoms with E-state index in [4.69, 9.17) is 0 Å². The lowest BCUT2D eigenvalue weighted by Crippen LogP contribution is -2.38. The maximum absolute atomic E-state index is 10.8. The van der Waals surface area contributed by atoms with Crippen molar-refractivity contribution in [1.29, 1.82) is 0 Å². The molecule has 0 heterocycles. The third-order valence-corrected chi connectivity index (χ3v) is 2.89. The summed E-state index contributed by atoms with van der Waals surface area (Å²) in [4.78, 5) is 0. The van der Waals surface area contributed by atoms with Gasteiger partial charge >= 0.3 is 0 Å². The highest BCUT2D eigenvalue weighted by molar-refractivity contribution is 7.90. The van der Waals surface area contributed by atoms with Crippen LogP contribution in [-0.4, -0.2) is 27.9 Å². The van der Waals surface area contributed by atoms with Crippen molar-refractivity contribution in [3.05, 3.63) is 0 Å². The molecule has 1 atom stereocenters. The van der Waals surface area contributed by atoms with Crippen LogP contribution in [0.4, 0.5) is 0 Å². The molecule has 1 unspecified atom stereocenters. The first-order chi connectivity index (χ1) is 4.04. The van der Waals surface area contributed by atoms with Gasteiger partial charge in [0.2, 0.25) is 10.0 Å². The molecule has 5 heteroatoms. The molecule has 0 amide bonds. The van der Waals surface area contributed by atoms with E-state index >= 15 is 0 Å². The molecular weight excluding hydrogens is 140 g/mol. The Morgan fingerprint density at radius 1 is 1.33 bits per heavy atom. The Morgan fingerprint density at radius 3 is 1.89 bits per heavy atom. The molecule has 0 aliphatic carbocycles. The molecule has 2 N–H and O–H groups in total. The summed E-state index contributed by atoms with van der Waals surface area (Å²) in [5.41, 5.74) is 0. The predicted molar refractivity (Wildman–Crippen MR) is 36.5 cm³/mol. The average Bonchev–Trinajstić information content (AvgIpc) is 1.86. The molecule has 0 aromatic heterocycles. The summed E-state index contributed by atoms with van der Waals surface area (Å²) < 4.78 is 23.7. The zero-order valence-corrected chi connectivity index (χ0v) is 6.62. The Morgan fingerprint density at radius 2 is 1.78 bits per heavy atom. The molecular formula is C4H12N2O2S. The van der Waals surface area contributed by atoms with Gasteiger partial charge in [0.25, 0.3) is 0 Å². The van der Waals surface area contributed by atoms with Gasteiger partial charge < -0.3 is 5.32 Å². The van der Waals surface area contributed by atoms with Gasteiger partial charge in [0.05, 0.1) is 0 Å². The number of hydrogen-bond acceptors (Lipinski definition) is 3. The molecule has 0 aromatic rings. The highest BCUT2D eigenvalue weighted by atomic mass is 32.2. The SMILES string of the molecule is CNC(C)S(=O)(=O)NC. The van der Waals surface area contributed by atoms with Crippen LogP contribution < -0.4 is 10.0 Å². The van der Waals surface area contributed by atoms with Crippen molar-refractivity contribution < 1.29 is 8.42 Å². The number of nitrogens with one attached hydrogen (secondary N) is 2. The van der Waals surface area contributed by atoms with Gasteiger partial charge in [0.15, 0.2) is 0 Å². The van der Waals surface area contributed by atoms with Crippen molar-refractivity contribution in [3.63, 3.8) is 0 Å². The molecule has 0 spiro atoms. The van der Waals surface area contributed by atoms with Gasteiger partial charge in [-0.1, -0.05) is 0 Å².